The predicted molar refractivity (Wildman–Crippen MR) is 91.7 cm³/mol. The molecule has 0 N–H and O–H groups in total. The van der Waals surface area contributed by atoms with Crippen LogP contribution in [0, 0.1) is 11.6 Å². The van der Waals surface area contributed by atoms with E-state index in [-0.39, 0.29) is 16.5 Å². The molecule has 0 bridgehead atoms. The van der Waals surface area contributed by atoms with Crippen LogP contribution in [0.5, 0.6) is 0 Å². The molecule has 1 aromatic heterocycles. The Balaban J connectivity index is 2.07. The number of halogens is 5. The van der Waals surface area contributed by atoms with Crippen LogP contribution >= 0.6 is 54.8 Å². The minimum Gasteiger partial charge on any atom is -0.207 e. The molecule has 2 aromatic carbocycles. The van der Waals surface area contributed by atoms with Gasteiger partial charge in [-0.2, -0.15) is 0 Å². The Morgan fingerprint density at radius 3 is 2.62 bits per heavy atom. The summed E-state index contributed by atoms with van der Waals surface area (Å²) in [5.74, 6) is -0.628. The number of hydrogen-bond acceptors (Lipinski definition) is 1. The highest BCUT2D eigenvalue weighted by Gasteiger charge is 2.19. The van der Waals surface area contributed by atoms with E-state index < -0.39 is 0 Å². The van der Waals surface area contributed by atoms with E-state index in [9.17, 15) is 8.78 Å². The molecule has 108 valence electrons. The van der Waals surface area contributed by atoms with Crippen LogP contribution in [-0.4, -0.2) is 0 Å². The Labute approximate surface area is 146 Å². The molecule has 1 heterocycles. The van der Waals surface area contributed by atoms with Crippen LogP contribution in [0.25, 0.3) is 10.1 Å². The van der Waals surface area contributed by atoms with Crippen molar-refractivity contribution in [3.63, 3.8) is 0 Å². The van der Waals surface area contributed by atoms with E-state index >= 15 is 0 Å². The summed E-state index contributed by atoms with van der Waals surface area (Å²) in [7, 11) is 0. The topological polar surface area (TPSA) is 0 Å². The average molecular weight is 453 g/mol. The van der Waals surface area contributed by atoms with Crippen LogP contribution in [-0.2, 0) is 0 Å². The zero-order valence-corrected chi connectivity index (χ0v) is 15.1. The summed E-state index contributed by atoms with van der Waals surface area (Å²) in [6, 6.07) is 9.47. The lowest BCUT2D eigenvalue weighted by atomic mass is 10.1. The van der Waals surface area contributed by atoms with Gasteiger partial charge < -0.3 is 0 Å². The highest BCUT2D eigenvalue weighted by Crippen LogP contribution is 2.41. The number of alkyl halides is 1. The molecule has 3 rings (SSSR count). The summed E-state index contributed by atoms with van der Waals surface area (Å²) in [6.07, 6.45) is 0. The summed E-state index contributed by atoms with van der Waals surface area (Å²) in [5.41, 5.74) is 0.454. The third kappa shape index (κ3) is 3.02. The molecule has 1 atom stereocenters. The minimum absolute atomic E-state index is 0.278. The molecule has 0 saturated heterocycles. The van der Waals surface area contributed by atoms with Crippen molar-refractivity contribution in [1.82, 2.24) is 0 Å². The summed E-state index contributed by atoms with van der Waals surface area (Å²) >= 11 is 14.2. The van der Waals surface area contributed by atoms with Gasteiger partial charge in [0.15, 0.2) is 0 Å². The molecule has 0 saturated carbocycles. The third-order valence-corrected chi connectivity index (χ3v) is 6.71. The van der Waals surface area contributed by atoms with Crippen LogP contribution in [0.15, 0.2) is 40.9 Å². The molecule has 0 nitrogen and oxygen atoms in total. The van der Waals surface area contributed by atoms with Gasteiger partial charge in [0, 0.05) is 19.6 Å². The van der Waals surface area contributed by atoms with Gasteiger partial charge in [-0.15, -0.1) is 11.3 Å². The van der Waals surface area contributed by atoms with Crippen molar-refractivity contribution in [3.8, 4) is 0 Å². The van der Waals surface area contributed by atoms with Gasteiger partial charge in [0.25, 0.3) is 0 Å². The van der Waals surface area contributed by atoms with Crippen LogP contribution in [0.1, 0.15) is 15.3 Å². The monoisotopic (exact) mass is 450 g/mol. The number of fused-ring (bicyclic) bond motifs is 1. The normalized spacial score (nSPS) is 12.8. The zero-order valence-electron chi connectivity index (χ0n) is 10.3. The zero-order chi connectivity index (χ0) is 15.1. The second-order valence-electron chi connectivity index (χ2n) is 4.48. The van der Waals surface area contributed by atoms with Crippen molar-refractivity contribution < 1.29 is 8.78 Å². The van der Waals surface area contributed by atoms with Gasteiger partial charge in [0.05, 0.1) is 9.85 Å². The van der Waals surface area contributed by atoms with Crippen LogP contribution in [0.3, 0.4) is 0 Å². The first-order chi connectivity index (χ1) is 9.95. The maximum Gasteiger partial charge on any atom is 0.129 e. The van der Waals surface area contributed by atoms with Crippen molar-refractivity contribution in [1.29, 1.82) is 0 Å². The van der Waals surface area contributed by atoms with Gasteiger partial charge in [0.2, 0.25) is 0 Å². The Hall–Kier alpha value is -0.490. The van der Waals surface area contributed by atoms with Crippen molar-refractivity contribution in [2.75, 3.05) is 0 Å². The van der Waals surface area contributed by atoms with E-state index in [2.05, 4.69) is 31.9 Å². The van der Waals surface area contributed by atoms with Crippen LogP contribution < -0.4 is 0 Å². The molecular formula is C15H7Br2ClF2S. The summed E-state index contributed by atoms with van der Waals surface area (Å²) < 4.78 is 28.7. The highest BCUT2D eigenvalue weighted by atomic mass is 79.9. The fraction of sp³-hybridized carbons (Fsp3) is 0.0667. The number of rotatable bonds is 2. The van der Waals surface area contributed by atoms with Gasteiger partial charge in [-0.1, -0.05) is 33.6 Å². The molecule has 6 heteroatoms. The second kappa shape index (κ2) is 5.95. The molecule has 0 spiro atoms. The van der Waals surface area contributed by atoms with Gasteiger partial charge in [-0.25, -0.2) is 8.78 Å². The highest BCUT2D eigenvalue weighted by molar-refractivity contribution is 9.10. The summed E-state index contributed by atoms with van der Waals surface area (Å²) in [4.78, 5) is 0.566. The van der Waals surface area contributed by atoms with Crippen LogP contribution in [0.2, 0.25) is 5.02 Å². The van der Waals surface area contributed by atoms with Gasteiger partial charge in [-0.05, 0) is 51.6 Å². The maximum atomic E-state index is 14.1. The molecule has 0 amide bonds. The quantitative estimate of drug-likeness (QED) is 0.288. The SMILES string of the molecule is Fc1ccc2cc(C(Br)c3cc(Cl)c(Br)cc3F)sc2c1. The minimum atomic E-state index is -0.350. The standard InChI is InChI=1S/C15H7Br2ClF2S/c16-10-6-12(20)9(5-11(10)18)15(17)14-3-7-1-2-8(19)4-13(7)21-14/h1-6,15H. The van der Waals surface area contributed by atoms with E-state index in [4.69, 9.17) is 11.6 Å². The van der Waals surface area contributed by atoms with Crippen molar-refractivity contribution in [2.45, 2.75) is 4.83 Å². The Kier molecular flexibility index (Phi) is 4.37. The van der Waals surface area contributed by atoms with Crippen molar-refractivity contribution >= 4 is 64.9 Å². The molecule has 0 aliphatic heterocycles. The van der Waals surface area contributed by atoms with Crippen molar-refractivity contribution in [2.24, 2.45) is 0 Å². The third-order valence-electron chi connectivity index (χ3n) is 3.06. The predicted octanol–water partition coefficient (Wildman–Crippen LogP) is 7.08. The van der Waals surface area contributed by atoms with Crippen LogP contribution in [0.4, 0.5) is 8.78 Å². The average Bonchev–Trinajstić information content (AvgIpc) is 2.85. The molecule has 0 fully saturated rings. The molecule has 1 unspecified atom stereocenters. The molecule has 3 aromatic rings. The first kappa shape index (κ1) is 15.4. The Morgan fingerprint density at radius 1 is 1.10 bits per heavy atom. The summed E-state index contributed by atoms with van der Waals surface area (Å²) in [5, 5.41) is 1.38. The number of hydrogen-bond donors (Lipinski definition) is 0. The second-order valence-corrected chi connectivity index (χ2v) is 7.77. The smallest absolute Gasteiger partial charge is 0.129 e. The Bertz CT molecular complexity index is 832. The first-order valence-corrected chi connectivity index (χ1v) is 8.83. The molecule has 0 aliphatic carbocycles. The molecule has 21 heavy (non-hydrogen) atoms. The van der Waals surface area contributed by atoms with Gasteiger partial charge in [-0.3, -0.25) is 0 Å². The lowest BCUT2D eigenvalue weighted by Crippen LogP contribution is -1.95. The van der Waals surface area contributed by atoms with Crippen molar-refractivity contribution in [3.05, 3.63) is 68.0 Å². The van der Waals surface area contributed by atoms with E-state index in [1.807, 2.05) is 6.07 Å². The maximum absolute atomic E-state index is 14.1. The lowest BCUT2D eigenvalue weighted by Gasteiger charge is -2.10. The number of benzene rings is 2. The van der Waals surface area contributed by atoms with E-state index in [1.165, 1.54) is 29.5 Å². The van der Waals surface area contributed by atoms with E-state index in [1.54, 1.807) is 12.1 Å². The summed E-state index contributed by atoms with van der Waals surface area (Å²) in [6.45, 7) is 0. The van der Waals surface area contributed by atoms with Gasteiger partial charge in [0.1, 0.15) is 11.6 Å². The first-order valence-electron chi connectivity index (χ1n) is 5.93. The molecule has 0 radical (unpaired) electrons. The fourth-order valence-electron chi connectivity index (χ4n) is 2.04. The Morgan fingerprint density at radius 2 is 1.86 bits per heavy atom. The van der Waals surface area contributed by atoms with Gasteiger partial charge >= 0.3 is 0 Å². The number of thiophene rings is 1. The van der Waals surface area contributed by atoms with E-state index in [0.29, 0.717) is 15.1 Å². The fourth-order valence-corrected chi connectivity index (χ4v) is 4.37. The lowest BCUT2D eigenvalue weighted by molar-refractivity contribution is 0.613. The molecular weight excluding hydrogens is 445 g/mol. The molecule has 0 aliphatic rings. The largest absolute Gasteiger partial charge is 0.207 e. The van der Waals surface area contributed by atoms with E-state index in [0.717, 1.165) is 15.0 Å².